The van der Waals surface area contributed by atoms with E-state index in [1.165, 1.54) is 0 Å². The third-order valence-corrected chi connectivity index (χ3v) is 3.17. The average Bonchev–Trinajstić information content (AvgIpc) is 2.33. The lowest BCUT2D eigenvalue weighted by molar-refractivity contribution is 0.00603. The van der Waals surface area contributed by atoms with Crippen molar-refractivity contribution in [3.05, 3.63) is 48.0 Å². The monoisotopic (exact) mass is 227 g/mol. The Balaban J connectivity index is 2.02. The van der Waals surface area contributed by atoms with Gasteiger partial charge in [0.25, 0.3) is 5.91 Å². The first kappa shape index (κ1) is 10.3. The molecule has 0 bridgehead atoms. The van der Waals surface area contributed by atoms with Crippen LogP contribution in [0.4, 0.5) is 0 Å². The molecule has 3 rings (SSSR count). The summed E-state index contributed by atoms with van der Waals surface area (Å²) in [5, 5.41) is 11.3. The van der Waals surface area contributed by atoms with Crippen molar-refractivity contribution in [3.63, 3.8) is 0 Å². The number of carbonyl (C=O) groups excluding carboxylic acids is 1. The minimum Gasteiger partial charge on any atom is -0.389 e. The van der Waals surface area contributed by atoms with Crippen LogP contribution in [0.15, 0.2) is 42.5 Å². The molecule has 17 heavy (non-hydrogen) atoms. The quantitative estimate of drug-likeness (QED) is 0.804. The zero-order valence-corrected chi connectivity index (χ0v) is 9.34. The molecular formula is C14H13NO2. The molecule has 0 saturated carbocycles. The summed E-state index contributed by atoms with van der Waals surface area (Å²) in [4.78, 5) is 13.9. The van der Waals surface area contributed by atoms with Gasteiger partial charge in [0.15, 0.2) is 0 Å². The van der Waals surface area contributed by atoms with Crippen molar-refractivity contribution in [1.29, 1.82) is 0 Å². The molecule has 3 heteroatoms. The Kier molecular flexibility index (Phi) is 2.34. The van der Waals surface area contributed by atoms with E-state index in [9.17, 15) is 9.90 Å². The van der Waals surface area contributed by atoms with Crippen molar-refractivity contribution in [2.75, 3.05) is 13.1 Å². The molecule has 0 radical (unpaired) electrons. The number of nitrogens with zero attached hydrogens (tertiary/aromatic N) is 1. The topological polar surface area (TPSA) is 40.5 Å². The summed E-state index contributed by atoms with van der Waals surface area (Å²) in [7, 11) is 0. The minimum absolute atomic E-state index is 0.00657. The number of carbonyl (C=O) groups is 1. The van der Waals surface area contributed by atoms with Gasteiger partial charge in [0, 0.05) is 18.7 Å². The smallest absolute Gasteiger partial charge is 0.254 e. The van der Waals surface area contributed by atoms with Crippen LogP contribution in [0.2, 0.25) is 0 Å². The fraction of sp³-hybridized carbons (Fsp3) is 0.214. The van der Waals surface area contributed by atoms with E-state index >= 15 is 0 Å². The number of β-amino-alcohol motifs (C(OH)–C–C–N with tert-alkyl or cyclic N) is 1. The second kappa shape index (κ2) is 3.86. The van der Waals surface area contributed by atoms with Crippen LogP contribution >= 0.6 is 0 Å². The Hall–Kier alpha value is -1.87. The van der Waals surface area contributed by atoms with Crippen LogP contribution in [0.5, 0.6) is 0 Å². The van der Waals surface area contributed by atoms with E-state index in [0.717, 1.165) is 16.3 Å². The highest BCUT2D eigenvalue weighted by molar-refractivity contribution is 6.07. The molecular weight excluding hydrogens is 214 g/mol. The van der Waals surface area contributed by atoms with Crippen molar-refractivity contribution >= 4 is 16.7 Å². The van der Waals surface area contributed by atoms with Crippen LogP contribution in [0, 0.1) is 0 Å². The summed E-state index contributed by atoms with van der Waals surface area (Å²) in [6.07, 6.45) is -0.353. The normalized spacial score (nSPS) is 15.9. The highest BCUT2D eigenvalue weighted by Crippen LogP contribution is 2.21. The van der Waals surface area contributed by atoms with E-state index < -0.39 is 0 Å². The number of hydrogen-bond acceptors (Lipinski definition) is 2. The fourth-order valence-corrected chi connectivity index (χ4v) is 2.20. The number of fused-ring (bicyclic) bond motifs is 1. The van der Waals surface area contributed by atoms with Gasteiger partial charge in [-0.15, -0.1) is 0 Å². The van der Waals surface area contributed by atoms with Gasteiger partial charge < -0.3 is 10.0 Å². The number of benzene rings is 2. The molecule has 1 aliphatic heterocycles. The van der Waals surface area contributed by atoms with E-state index in [0.29, 0.717) is 13.1 Å². The maximum Gasteiger partial charge on any atom is 0.254 e. The standard InChI is InChI=1S/C14H13NO2/c16-11-8-15(9-11)14(17)13-7-3-5-10-4-1-2-6-12(10)13/h1-7,11,16H,8-9H2. The number of likely N-dealkylation sites (tertiary alicyclic amines) is 1. The molecule has 1 aliphatic rings. The first-order valence-electron chi connectivity index (χ1n) is 5.71. The van der Waals surface area contributed by atoms with E-state index in [1.807, 2.05) is 42.5 Å². The number of rotatable bonds is 1. The molecule has 0 atom stereocenters. The maximum absolute atomic E-state index is 12.2. The van der Waals surface area contributed by atoms with Crippen LogP contribution < -0.4 is 0 Å². The van der Waals surface area contributed by atoms with Gasteiger partial charge in [-0.25, -0.2) is 0 Å². The lowest BCUT2D eigenvalue weighted by Crippen LogP contribution is -2.53. The Labute approximate surface area is 99.3 Å². The predicted octanol–water partition coefficient (Wildman–Crippen LogP) is 1.66. The van der Waals surface area contributed by atoms with E-state index in [2.05, 4.69) is 0 Å². The largest absolute Gasteiger partial charge is 0.389 e. The van der Waals surface area contributed by atoms with Crippen LogP contribution in [-0.2, 0) is 0 Å². The molecule has 0 aromatic heterocycles. The third-order valence-electron chi connectivity index (χ3n) is 3.17. The van der Waals surface area contributed by atoms with Crippen LogP contribution in [0.25, 0.3) is 10.8 Å². The van der Waals surface area contributed by atoms with Crippen molar-refractivity contribution < 1.29 is 9.90 Å². The highest BCUT2D eigenvalue weighted by Gasteiger charge is 2.29. The number of aliphatic hydroxyl groups excluding tert-OH is 1. The molecule has 0 spiro atoms. The molecule has 1 amide bonds. The van der Waals surface area contributed by atoms with E-state index in [1.54, 1.807) is 4.90 Å². The second-order valence-electron chi connectivity index (χ2n) is 4.39. The van der Waals surface area contributed by atoms with Gasteiger partial charge in [-0.2, -0.15) is 0 Å². The number of hydrogen-bond donors (Lipinski definition) is 1. The van der Waals surface area contributed by atoms with Crippen molar-refractivity contribution in [2.24, 2.45) is 0 Å². The Morgan fingerprint density at radius 1 is 1.12 bits per heavy atom. The van der Waals surface area contributed by atoms with E-state index in [4.69, 9.17) is 0 Å². The lowest BCUT2D eigenvalue weighted by Gasteiger charge is -2.36. The number of aliphatic hydroxyl groups is 1. The summed E-state index contributed by atoms with van der Waals surface area (Å²) in [6.45, 7) is 0.893. The summed E-state index contributed by atoms with van der Waals surface area (Å²) < 4.78 is 0. The van der Waals surface area contributed by atoms with Gasteiger partial charge in [0.2, 0.25) is 0 Å². The SMILES string of the molecule is O=C(c1cccc2ccccc12)N1CC(O)C1. The Bertz CT molecular complexity index is 568. The molecule has 2 aromatic rings. The first-order valence-corrected chi connectivity index (χ1v) is 5.71. The second-order valence-corrected chi connectivity index (χ2v) is 4.39. The molecule has 1 N–H and O–H groups in total. The Morgan fingerprint density at radius 2 is 1.82 bits per heavy atom. The Morgan fingerprint density at radius 3 is 2.59 bits per heavy atom. The molecule has 1 fully saturated rings. The van der Waals surface area contributed by atoms with Crippen molar-refractivity contribution in [2.45, 2.75) is 6.10 Å². The van der Waals surface area contributed by atoms with Gasteiger partial charge in [0.1, 0.15) is 0 Å². The maximum atomic E-state index is 12.2. The number of amides is 1. The summed E-state index contributed by atoms with van der Waals surface area (Å²) in [6, 6.07) is 13.6. The van der Waals surface area contributed by atoms with Gasteiger partial charge >= 0.3 is 0 Å². The van der Waals surface area contributed by atoms with Gasteiger partial charge in [-0.1, -0.05) is 36.4 Å². The zero-order valence-electron chi connectivity index (χ0n) is 9.34. The van der Waals surface area contributed by atoms with E-state index in [-0.39, 0.29) is 12.0 Å². The van der Waals surface area contributed by atoms with Crippen LogP contribution in [0.3, 0.4) is 0 Å². The minimum atomic E-state index is -0.353. The summed E-state index contributed by atoms with van der Waals surface area (Å²) >= 11 is 0. The molecule has 86 valence electrons. The van der Waals surface area contributed by atoms with Gasteiger partial charge in [-0.05, 0) is 16.8 Å². The predicted molar refractivity (Wildman–Crippen MR) is 65.9 cm³/mol. The average molecular weight is 227 g/mol. The third kappa shape index (κ3) is 1.68. The van der Waals surface area contributed by atoms with Gasteiger partial charge in [-0.3, -0.25) is 4.79 Å². The molecule has 0 unspecified atom stereocenters. The molecule has 1 heterocycles. The molecule has 2 aromatic carbocycles. The highest BCUT2D eigenvalue weighted by atomic mass is 16.3. The summed E-state index contributed by atoms with van der Waals surface area (Å²) in [5.74, 6) is 0.00657. The molecule has 1 saturated heterocycles. The molecule has 0 aliphatic carbocycles. The molecule has 3 nitrogen and oxygen atoms in total. The van der Waals surface area contributed by atoms with Gasteiger partial charge in [0.05, 0.1) is 6.10 Å². The lowest BCUT2D eigenvalue weighted by atomic mass is 10.0. The van der Waals surface area contributed by atoms with Crippen molar-refractivity contribution in [1.82, 2.24) is 4.90 Å². The van der Waals surface area contributed by atoms with Crippen LogP contribution in [0.1, 0.15) is 10.4 Å². The first-order chi connectivity index (χ1) is 8.25. The zero-order chi connectivity index (χ0) is 11.8. The van der Waals surface area contributed by atoms with Crippen molar-refractivity contribution in [3.8, 4) is 0 Å². The summed E-state index contributed by atoms with van der Waals surface area (Å²) in [5.41, 5.74) is 0.718. The fourth-order valence-electron chi connectivity index (χ4n) is 2.20. The van der Waals surface area contributed by atoms with Crippen LogP contribution in [-0.4, -0.2) is 35.1 Å².